The lowest BCUT2D eigenvalue weighted by Crippen LogP contribution is -2.65. The van der Waals surface area contributed by atoms with Gasteiger partial charge in [0.1, 0.15) is 17.5 Å². The number of epoxide rings is 1. The van der Waals surface area contributed by atoms with Crippen molar-refractivity contribution in [2.45, 2.75) is 109 Å². The molecule has 6 rings (SSSR count). The number of ether oxygens (including phenoxy) is 2. The maximum atomic E-state index is 13.4. The van der Waals surface area contributed by atoms with Gasteiger partial charge in [-0.15, -0.1) is 0 Å². The fourth-order valence-corrected chi connectivity index (χ4v) is 9.88. The second kappa shape index (κ2) is 7.17. The van der Waals surface area contributed by atoms with Crippen LogP contribution in [0.25, 0.3) is 0 Å². The summed E-state index contributed by atoms with van der Waals surface area (Å²) in [5, 5.41) is 23.0. The second-order valence-corrected chi connectivity index (χ2v) is 12.8. The predicted octanol–water partition coefficient (Wildman–Crippen LogP) is 3.72. The van der Waals surface area contributed by atoms with Crippen LogP contribution in [0, 0.1) is 34.5 Å². The van der Waals surface area contributed by atoms with Crippen molar-refractivity contribution < 1.29 is 29.3 Å². The number of hydrogen-bond donors (Lipinski definition) is 2. The zero-order valence-electron chi connectivity index (χ0n) is 21.1. The summed E-state index contributed by atoms with van der Waals surface area (Å²) in [7, 11) is 0. The Bertz CT molecular complexity index is 972. The minimum atomic E-state index is -0.930. The summed E-state index contributed by atoms with van der Waals surface area (Å²) in [6, 6.07) is 0. The molecule has 2 aliphatic heterocycles. The fourth-order valence-electron chi connectivity index (χ4n) is 9.88. The molecule has 34 heavy (non-hydrogen) atoms. The maximum Gasteiger partial charge on any atom is 0.333 e. The first-order valence-corrected chi connectivity index (χ1v) is 13.5. The van der Waals surface area contributed by atoms with Gasteiger partial charge >= 0.3 is 5.97 Å². The third kappa shape index (κ3) is 2.53. The number of aliphatic hydroxyl groups is 2. The molecule has 1 spiro atoms. The van der Waals surface area contributed by atoms with E-state index in [-0.39, 0.29) is 59.7 Å². The monoisotopic (exact) mass is 472 g/mol. The van der Waals surface area contributed by atoms with Crippen LogP contribution in [-0.4, -0.2) is 52.0 Å². The molecule has 0 aromatic heterocycles. The summed E-state index contributed by atoms with van der Waals surface area (Å²) < 4.78 is 12.2. The third-order valence-corrected chi connectivity index (χ3v) is 12.1. The van der Waals surface area contributed by atoms with Gasteiger partial charge in [0, 0.05) is 24.3 Å². The van der Waals surface area contributed by atoms with Crippen molar-refractivity contribution in [2.75, 3.05) is 6.61 Å². The lowest BCUT2D eigenvalue weighted by molar-refractivity contribution is -0.191. The van der Waals surface area contributed by atoms with E-state index < -0.39 is 16.6 Å². The molecule has 0 aromatic carbocycles. The van der Waals surface area contributed by atoms with E-state index in [4.69, 9.17) is 9.47 Å². The summed E-state index contributed by atoms with van der Waals surface area (Å²) >= 11 is 0. The molecule has 0 radical (unpaired) electrons. The third-order valence-electron chi connectivity index (χ3n) is 12.1. The van der Waals surface area contributed by atoms with Gasteiger partial charge in [-0.05, 0) is 82.0 Å². The first-order chi connectivity index (χ1) is 16.1. The molecular formula is C28H40O6. The highest BCUT2D eigenvalue weighted by Crippen LogP contribution is 2.74. The molecule has 4 saturated carbocycles. The lowest BCUT2D eigenvalue weighted by atomic mass is 9.43. The normalized spacial score (nSPS) is 52.8. The lowest BCUT2D eigenvalue weighted by Gasteiger charge is -2.60. The van der Waals surface area contributed by atoms with Crippen LogP contribution in [0.4, 0.5) is 0 Å². The number of ketones is 1. The zero-order valence-corrected chi connectivity index (χ0v) is 21.1. The summed E-state index contributed by atoms with van der Waals surface area (Å²) in [5.41, 5.74) is -0.700. The molecule has 188 valence electrons. The van der Waals surface area contributed by atoms with Gasteiger partial charge in [0.05, 0.1) is 23.7 Å². The number of Topliss-reactive ketones (excluding diaryl/α,β-unsaturated/α-hetero) is 1. The van der Waals surface area contributed by atoms with Gasteiger partial charge in [-0.25, -0.2) is 4.79 Å². The molecule has 1 saturated heterocycles. The number of cyclic esters (lactones) is 1. The minimum absolute atomic E-state index is 0.0636. The summed E-state index contributed by atoms with van der Waals surface area (Å²) in [4.78, 5) is 25.9. The van der Waals surface area contributed by atoms with Crippen molar-refractivity contribution >= 4 is 11.8 Å². The topological polar surface area (TPSA) is 96.4 Å². The first kappa shape index (κ1) is 23.2. The van der Waals surface area contributed by atoms with Crippen LogP contribution in [0.3, 0.4) is 0 Å². The number of hydrogen-bond acceptors (Lipinski definition) is 6. The molecule has 5 fully saturated rings. The van der Waals surface area contributed by atoms with Gasteiger partial charge in [0.15, 0.2) is 0 Å². The minimum Gasteiger partial charge on any atom is -0.458 e. The van der Waals surface area contributed by atoms with Gasteiger partial charge in [-0.1, -0.05) is 19.4 Å². The van der Waals surface area contributed by atoms with Crippen molar-refractivity contribution in [3.05, 3.63) is 11.1 Å². The van der Waals surface area contributed by atoms with Gasteiger partial charge in [0.25, 0.3) is 0 Å². The van der Waals surface area contributed by atoms with Crippen LogP contribution in [-0.2, 0) is 19.1 Å². The van der Waals surface area contributed by atoms with E-state index in [1.54, 1.807) is 0 Å². The number of carbonyl (C=O) groups is 2. The molecule has 4 aliphatic carbocycles. The fraction of sp³-hybridized carbons (Fsp3) is 0.857. The molecular weight excluding hydrogens is 432 g/mol. The molecule has 10 unspecified atom stereocenters. The Morgan fingerprint density at radius 1 is 1.12 bits per heavy atom. The van der Waals surface area contributed by atoms with Crippen LogP contribution in [0.5, 0.6) is 0 Å². The van der Waals surface area contributed by atoms with E-state index in [2.05, 4.69) is 13.8 Å². The van der Waals surface area contributed by atoms with E-state index >= 15 is 0 Å². The first-order valence-electron chi connectivity index (χ1n) is 13.5. The highest BCUT2D eigenvalue weighted by atomic mass is 16.6. The largest absolute Gasteiger partial charge is 0.458 e. The van der Waals surface area contributed by atoms with Gasteiger partial charge in [-0.3, -0.25) is 4.79 Å². The highest BCUT2D eigenvalue weighted by Gasteiger charge is 2.80. The molecule has 2 N–H and O–H groups in total. The van der Waals surface area contributed by atoms with Crippen LogP contribution >= 0.6 is 0 Å². The van der Waals surface area contributed by atoms with E-state index in [1.165, 1.54) is 0 Å². The van der Waals surface area contributed by atoms with E-state index in [0.717, 1.165) is 44.1 Å². The molecule has 6 nitrogen and oxygen atoms in total. The Kier molecular flexibility index (Phi) is 4.88. The molecule has 2 heterocycles. The summed E-state index contributed by atoms with van der Waals surface area (Å²) in [5.74, 6) is 0.441. The summed E-state index contributed by atoms with van der Waals surface area (Å²) in [6.45, 7) is 7.98. The standard InChI is InChI=1S/C28H40O6/c1-15-12-21(33-24(31)16(15)2)17(3)27(32)11-8-19-18-13-23-28(34-23)9-5-6-22(30)26(28,14-29)20(18)7-10-25(19,27)4/h17-21,23,29,32H,5-14H2,1-4H3. The Labute approximate surface area is 202 Å². The van der Waals surface area contributed by atoms with Crippen molar-refractivity contribution in [1.29, 1.82) is 0 Å². The number of rotatable bonds is 3. The van der Waals surface area contributed by atoms with Crippen LogP contribution in [0.2, 0.25) is 0 Å². The average Bonchev–Trinajstić information content (AvgIpc) is 3.44. The van der Waals surface area contributed by atoms with Crippen molar-refractivity contribution in [3.63, 3.8) is 0 Å². The summed E-state index contributed by atoms with van der Waals surface area (Å²) in [6.07, 6.45) is 6.90. The Balaban J connectivity index is 1.32. The molecule has 0 bridgehead atoms. The van der Waals surface area contributed by atoms with Gasteiger partial charge < -0.3 is 19.7 Å². The van der Waals surface area contributed by atoms with Crippen LogP contribution < -0.4 is 0 Å². The van der Waals surface area contributed by atoms with Crippen LogP contribution in [0.1, 0.15) is 85.5 Å². The Morgan fingerprint density at radius 2 is 1.85 bits per heavy atom. The van der Waals surface area contributed by atoms with E-state index in [1.807, 2.05) is 13.8 Å². The average molecular weight is 473 g/mol. The zero-order chi connectivity index (χ0) is 24.3. The number of esters is 1. The van der Waals surface area contributed by atoms with Crippen molar-refractivity contribution in [1.82, 2.24) is 0 Å². The van der Waals surface area contributed by atoms with Gasteiger partial charge in [0.2, 0.25) is 0 Å². The molecule has 10 atom stereocenters. The van der Waals surface area contributed by atoms with Crippen LogP contribution in [0.15, 0.2) is 11.1 Å². The molecule has 6 heteroatoms. The molecule has 0 amide bonds. The smallest absolute Gasteiger partial charge is 0.333 e. The Morgan fingerprint density at radius 3 is 2.56 bits per heavy atom. The molecule has 0 aromatic rings. The number of carbonyl (C=O) groups excluding carboxylic acids is 2. The number of fused-ring (bicyclic) bond motifs is 4. The highest BCUT2D eigenvalue weighted by molar-refractivity contribution is 5.90. The van der Waals surface area contributed by atoms with Gasteiger partial charge in [-0.2, -0.15) is 0 Å². The molecule has 6 aliphatic rings. The van der Waals surface area contributed by atoms with E-state index in [9.17, 15) is 19.8 Å². The van der Waals surface area contributed by atoms with E-state index in [0.29, 0.717) is 24.8 Å². The predicted molar refractivity (Wildman–Crippen MR) is 125 cm³/mol. The quantitative estimate of drug-likeness (QED) is 0.480. The van der Waals surface area contributed by atoms with Crippen molar-refractivity contribution in [2.24, 2.45) is 34.5 Å². The number of aliphatic hydroxyl groups excluding tert-OH is 1. The maximum absolute atomic E-state index is 13.4. The second-order valence-electron chi connectivity index (χ2n) is 12.8. The van der Waals surface area contributed by atoms with Crippen molar-refractivity contribution in [3.8, 4) is 0 Å². The Hall–Kier alpha value is -1.24. The SMILES string of the molecule is CC1=C(C)C(=O)OC(C(C)C2(O)CCC3C4CC5OC56CCCC(=O)C6(CO)C4CCC32C)C1.